The van der Waals surface area contributed by atoms with Gasteiger partial charge in [0.15, 0.2) is 0 Å². The topological polar surface area (TPSA) is 58.4 Å². The summed E-state index contributed by atoms with van der Waals surface area (Å²) in [4.78, 5) is 14.3. The third kappa shape index (κ3) is 4.53. The molecule has 1 aromatic rings. The maximum absolute atomic E-state index is 11.9. The SMILES string of the molecule is CC1CCCCN1CCNC(=O)Cc1ccc(N)cc1. The summed E-state index contributed by atoms with van der Waals surface area (Å²) in [6, 6.07) is 8.12. The minimum absolute atomic E-state index is 0.0828. The number of amides is 1. The molecule has 2 rings (SSSR count). The Morgan fingerprint density at radius 3 is 2.80 bits per heavy atom. The lowest BCUT2D eigenvalue weighted by Gasteiger charge is -2.33. The fraction of sp³-hybridized carbons (Fsp3) is 0.562. The van der Waals surface area contributed by atoms with Gasteiger partial charge in [0.2, 0.25) is 5.91 Å². The van der Waals surface area contributed by atoms with Gasteiger partial charge in [0.25, 0.3) is 0 Å². The molecule has 0 spiro atoms. The molecule has 1 unspecified atom stereocenters. The van der Waals surface area contributed by atoms with Crippen LogP contribution in [0.25, 0.3) is 0 Å². The third-order valence-corrected chi connectivity index (χ3v) is 4.01. The lowest BCUT2D eigenvalue weighted by atomic mass is 10.0. The Morgan fingerprint density at radius 1 is 1.35 bits per heavy atom. The van der Waals surface area contributed by atoms with Crippen LogP contribution in [-0.4, -0.2) is 36.5 Å². The molecule has 1 heterocycles. The summed E-state index contributed by atoms with van der Waals surface area (Å²) in [5.74, 6) is 0.0828. The van der Waals surface area contributed by atoms with Gasteiger partial charge in [0.05, 0.1) is 6.42 Å². The Labute approximate surface area is 121 Å². The number of likely N-dealkylation sites (tertiary alicyclic amines) is 1. The van der Waals surface area contributed by atoms with Crippen LogP contribution in [0.3, 0.4) is 0 Å². The molecular formula is C16H25N3O. The zero-order valence-electron chi connectivity index (χ0n) is 12.3. The van der Waals surface area contributed by atoms with Crippen molar-refractivity contribution in [3.05, 3.63) is 29.8 Å². The van der Waals surface area contributed by atoms with Gasteiger partial charge in [0, 0.05) is 24.8 Å². The van der Waals surface area contributed by atoms with Crippen molar-refractivity contribution in [1.29, 1.82) is 0 Å². The summed E-state index contributed by atoms with van der Waals surface area (Å²) >= 11 is 0. The van der Waals surface area contributed by atoms with Gasteiger partial charge in [-0.05, 0) is 44.0 Å². The summed E-state index contributed by atoms with van der Waals surface area (Å²) < 4.78 is 0. The maximum Gasteiger partial charge on any atom is 0.224 e. The number of anilines is 1. The summed E-state index contributed by atoms with van der Waals surface area (Å²) in [6.07, 6.45) is 4.32. The first-order chi connectivity index (χ1) is 9.65. The van der Waals surface area contributed by atoms with Crippen molar-refractivity contribution in [3.63, 3.8) is 0 Å². The van der Waals surface area contributed by atoms with E-state index < -0.39 is 0 Å². The van der Waals surface area contributed by atoms with E-state index in [0.717, 1.165) is 30.9 Å². The van der Waals surface area contributed by atoms with E-state index in [4.69, 9.17) is 5.73 Å². The molecule has 1 aliphatic heterocycles. The molecule has 4 nitrogen and oxygen atoms in total. The number of rotatable bonds is 5. The standard InChI is InChI=1S/C16H25N3O/c1-13-4-2-3-10-19(13)11-9-18-16(20)12-14-5-7-15(17)8-6-14/h5-8,13H,2-4,9-12,17H2,1H3,(H,18,20). The van der Waals surface area contributed by atoms with Crippen LogP contribution >= 0.6 is 0 Å². The quantitative estimate of drug-likeness (QED) is 0.806. The molecule has 1 aromatic carbocycles. The lowest BCUT2D eigenvalue weighted by Crippen LogP contribution is -2.42. The van der Waals surface area contributed by atoms with Crippen LogP contribution < -0.4 is 11.1 Å². The van der Waals surface area contributed by atoms with Crippen LogP contribution in [0.15, 0.2) is 24.3 Å². The number of nitrogens with two attached hydrogens (primary N) is 1. The van der Waals surface area contributed by atoms with Gasteiger partial charge < -0.3 is 11.1 Å². The summed E-state index contributed by atoms with van der Waals surface area (Å²) in [5, 5.41) is 3.00. The molecule has 0 saturated carbocycles. The number of piperidine rings is 1. The number of hydrogen-bond acceptors (Lipinski definition) is 3. The molecule has 1 atom stereocenters. The number of hydrogen-bond donors (Lipinski definition) is 2. The molecule has 110 valence electrons. The van der Waals surface area contributed by atoms with Gasteiger partial charge in [-0.3, -0.25) is 9.69 Å². The minimum Gasteiger partial charge on any atom is -0.399 e. The van der Waals surface area contributed by atoms with E-state index in [9.17, 15) is 4.79 Å². The van der Waals surface area contributed by atoms with E-state index >= 15 is 0 Å². The first-order valence-electron chi connectivity index (χ1n) is 7.50. The van der Waals surface area contributed by atoms with E-state index in [2.05, 4.69) is 17.1 Å². The Morgan fingerprint density at radius 2 is 2.10 bits per heavy atom. The molecule has 0 aliphatic carbocycles. The van der Waals surface area contributed by atoms with Gasteiger partial charge in [-0.2, -0.15) is 0 Å². The molecule has 1 saturated heterocycles. The molecule has 1 aliphatic rings. The van der Waals surface area contributed by atoms with Gasteiger partial charge in [-0.25, -0.2) is 0 Å². The van der Waals surface area contributed by atoms with E-state index in [0.29, 0.717) is 12.5 Å². The molecule has 20 heavy (non-hydrogen) atoms. The second kappa shape index (κ2) is 7.29. The predicted molar refractivity (Wildman–Crippen MR) is 82.5 cm³/mol. The predicted octanol–water partition coefficient (Wildman–Crippen LogP) is 1.80. The number of nitrogens with one attached hydrogen (secondary N) is 1. The van der Waals surface area contributed by atoms with Crippen molar-refractivity contribution >= 4 is 11.6 Å². The largest absolute Gasteiger partial charge is 0.399 e. The monoisotopic (exact) mass is 275 g/mol. The highest BCUT2D eigenvalue weighted by Gasteiger charge is 2.17. The van der Waals surface area contributed by atoms with Crippen LogP contribution in [0.5, 0.6) is 0 Å². The number of carbonyl (C=O) groups is 1. The van der Waals surface area contributed by atoms with Crippen LogP contribution in [0.4, 0.5) is 5.69 Å². The molecule has 0 aromatic heterocycles. The molecule has 4 heteroatoms. The third-order valence-electron chi connectivity index (χ3n) is 4.01. The minimum atomic E-state index is 0.0828. The first-order valence-corrected chi connectivity index (χ1v) is 7.50. The zero-order chi connectivity index (χ0) is 14.4. The van der Waals surface area contributed by atoms with E-state index in [1.165, 1.54) is 19.3 Å². The smallest absolute Gasteiger partial charge is 0.224 e. The number of benzene rings is 1. The molecule has 0 radical (unpaired) electrons. The van der Waals surface area contributed by atoms with Crippen molar-refractivity contribution in [2.75, 3.05) is 25.4 Å². The Kier molecular flexibility index (Phi) is 5.41. The normalized spacial score (nSPS) is 19.8. The van der Waals surface area contributed by atoms with E-state index in [-0.39, 0.29) is 5.91 Å². The van der Waals surface area contributed by atoms with Crippen molar-refractivity contribution in [2.45, 2.75) is 38.6 Å². The Bertz CT molecular complexity index is 430. The summed E-state index contributed by atoms with van der Waals surface area (Å²) in [7, 11) is 0. The average molecular weight is 275 g/mol. The van der Waals surface area contributed by atoms with Crippen molar-refractivity contribution in [1.82, 2.24) is 10.2 Å². The molecule has 0 bridgehead atoms. The van der Waals surface area contributed by atoms with Gasteiger partial charge in [-0.15, -0.1) is 0 Å². The maximum atomic E-state index is 11.9. The highest BCUT2D eigenvalue weighted by Crippen LogP contribution is 2.15. The van der Waals surface area contributed by atoms with Crippen molar-refractivity contribution < 1.29 is 4.79 Å². The molecule has 1 amide bonds. The van der Waals surface area contributed by atoms with Crippen molar-refractivity contribution in [2.24, 2.45) is 0 Å². The highest BCUT2D eigenvalue weighted by atomic mass is 16.1. The van der Waals surface area contributed by atoms with Crippen molar-refractivity contribution in [3.8, 4) is 0 Å². The van der Waals surface area contributed by atoms with E-state index in [1.807, 2.05) is 24.3 Å². The molecular weight excluding hydrogens is 250 g/mol. The average Bonchev–Trinajstić information content (AvgIpc) is 2.43. The summed E-state index contributed by atoms with van der Waals surface area (Å²) in [5.41, 5.74) is 7.36. The zero-order valence-corrected chi connectivity index (χ0v) is 12.3. The fourth-order valence-electron chi connectivity index (χ4n) is 2.71. The van der Waals surface area contributed by atoms with Crippen LogP contribution in [0, 0.1) is 0 Å². The van der Waals surface area contributed by atoms with E-state index in [1.54, 1.807) is 0 Å². The van der Waals surface area contributed by atoms with Gasteiger partial charge in [0.1, 0.15) is 0 Å². The van der Waals surface area contributed by atoms with Gasteiger partial charge >= 0.3 is 0 Å². The first kappa shape index (κ1) is 14.9. The highest BCUT2D eigenvalue weighted by molar-refractivity contribution is 5.78. The number of nitrogens with zero attached hydrogens (tertiary/aromatic N) is 1. The second-order valence-electron chi connectivity index (χ2n) is 5.65. The Balaban J connectivity index is 1.68. The Hall–Kier alpha value is -1.55. The van der Waals surface area contributed by atoms with Crippen LogP contribution in [0.2, 0.25) is 0 Å². The number of carbonyl (C=O) groups excluding carboxylic acids is 1. The van der Waals surface area contributed by atoms with Crippen LogP contribution in [-0.2, 0) is 11.2 Å². The number of nitrogen functional groups attached to an aromatic ring is 1. The molecule has 3 N–H and O–H groups in total. The second-order valence-corrected chi connectivity index (χ2v) is 5.65. The fourth-order valence-corrected chi connectivity index (χ4v) is 2.71. The molecule has 1 fully saturated rings. The van der Waals surface area contributed by atoms with Gasteiger partial charge in [-0.1, -0.05) is 18.6 Å². The summed E-state index contributed by atoms with van der Waals surface area (Å²) in [6.45, 7) is 5.12. The van der Waals surface area contributed by atoms with Crippen LogP contribution in [0.1, 0.15) is 31.7 Å². The lowest BCUT2D eigenvalue weighted by molar-refractivity contribution is -0.120.